The average Bonchev–Trinajstić information content (AvgIpc) is 2.18. The molecule has 0 bridgehead atoms. The van der Waals surface area contributed by atoms with E-state index in [1.807, 2.05) is 19.1 Å². The lowest BCUT2D eigenvalue weighted by atomic mass is 10.2. The molecule has 9 nitrogen and oxygen atoms in total. The largest absolute Gasteiger partial charge is 0.399 e. The van der Waals surface area contributed by atoms with Crippen molar-refractivity contribution in [1.82, 2.24) is 4.72 Å². The standard InChI is InChI=1S/C10H17N3O2S.H2O4S/c1-7-6-9(4-5-10(7)11)12-8(2)13-16(3,14)15;1-5(2,3)4/h4-6,8,12-13H,11H2,1-3H3;(H2,1,2,3,4). The van der Waals surface area contributed by atoms with Gasteiger partial charge in [-0.15, -0.1) is 0 Å². The van der Waals surface area contributed by atoms with E-state index >= 15 is 0 Å². The van der Waals surface area contributed by atoms with E-state index in [1.54, 1.807) is 13.0 Å². The van der Waals surface area contributed by atoms with Crippen molar-refractivity contribution < 1.29 is 25.9 Å². The van der Waals surface area contributed by atoms with E-state index in [4.69, 9.17) is 23.3 Å². The highest BCUT2D eigenvalue weighted by atomic mass is 32.3. The van der Waals surface area contributed by atoms with Gasteiger partial charge in [0.25, 0.3) is 0 Å². The number of benzene rings is 1. The summed E-state index contributed by atoms with van der Waals surface area (Å²) >= 11 is 0. The normalized spacial score (nSPS) is 13.0. The molecule has 0 aliphatic heterocycles. The molecule has 0 amide bonds. The summed E-state index contributed by atoms with van der Waals surface area (Å²) in [4.78, 5) is 0. The van der Waals surface area contributed by atoms with Crippen LogP contribution in [-0.4, -0.2) is 38.4 Å². The minimum absolute atomic E-state index is 0.363. The summed E-state index contributed by atoms with van der Waals surface area (Å²) in [6.07, 6.45) is 0.761. The second-order valence-corrected chi connectivity index (χ2v) is 6.95. The average molecular weight is 341 g/mol. The number of aryl methyl sites for hydroxylation is 1. The lowest BCUT2D eigenvalue weighted by Gasteiger charge is -2.16. The van der Waals surface area contributed by atoms with Crippen molar-refractivity contribution in [2.75, 3.05) is 17.3 Å². The number of sulfonamides is 1. The van der Waals surface area contributed by atoms with Gasteiger partial charge in [0.1, 0.15) is 0 Å². The third-order valence-electron chi connectivity index (χ3n) is 2.04. The van der Waals surface area contributed by atoms with Crippen LogP contribution >= 0.6 is 0 Å². The molecule has 0 saturated heterocycles. The van der Waals surface area contributed by atoms with Gasteiger partial charge in [0.05, 0.1) is 12.4 Å². The van der Waals surface area contributed by atoms with Gasteiger partial charge >= 0.3 is 10.4 Å². The predicted octanol–water partition coefficient (Wildman–Crippen LogP) is 0.232. The zero-order valence-electron chi connectivity index (χ0n) is 11.7. The molecule has 1 rings (SSSR count). The Morgan fingerprint density at radius 1 is 1.19 bits per heavy atom. The Hall–Kier alpha value is -1.40. The summed E-state index contributed by atoms with van der Waals surface area (Å²) < 4.78 is 56.0. The maximum atomic E-state index is 11.0. The number of anilines is 2. The van der Waals surface area contributed by atoms with Crippen LogP contribution < -0.4 is 15.8 Å². The Morgan fingerprint density at radius 2 is 1.67 bits per heavy atom. The van der Waals surface area contributed by atoms with Crippen LogP contribution in [0.15, 0.2) is 18.2 Å². The van der Waals surface area contributed by atoms with Crippen molar-refractivity contribution in [2.45, 2.75) is 20.0 Å². The summed E-state index contributed by atoms with van der Waals surface area (Å²) in [5.74, 6) is 0. The zero-order valence-corrected chi connectivity index (χ0v) is 13.4. The Bertz CT molecular complexity index is 664. The predicted molar refractivity (Wildman–Crippen MR) is 80.8 cm³/mol. The second kappa shape index (κ2) is 7.56. The van der Waals surface area contributed by atoms with Gasteiger partial charge in [0.15, 0.2) is 0 Å². The Labute approximate surface area is 124 Å². The highest BCUT2D eigenvalue weighted by Gasteiger charge is 2.08. The molecule has 122 valence electrons. The van der Waals surface area contributed by atoms with Gasteiger partial charge in [-0.25, -0.2) is 8.42 Å². The van der Waals surface area contributed by atoms with Crippen LogP contribution in [0.3, 0.4) is 0 Å². The van der Waals surface area contributed by atoms with Gasteiger partial charge in [0.2, 0.25) is 10.0 Å². The summed E-state index contributed by atoms with van der Waals surface area (Å²) in [5.41, 5.74) is 8.18. The molecule has 0 aliphatic carbocycles. The number of nitrogens with two attached hydrogens (primary N) is 1. The Kier molecular flexibility index (Phi) is 7.06. The van der Waals surface area contributed by atoms with E-state index in [2.05, 4.69) is 10.0 Å². The number of rotatable bonds is 4. The molecule has 0 saturated carbocycles. The fourth-order valence-corrected chi connectivity index (χ4v) is 2.07. The van der Waals surface area contributed by atoms with Gasteiger partial charge in [-0.1, -0.05) is 0 Å². The Balaban J connectivity index is 0.000000690. The van der Waals surface area contributed by atoms with Crippen molar-refractivity contribution in [3.8, 4) is 0 Å². The molecule has 0 spiro atoms. The molecule has 21 heavy (non-hydrogen) atoms. The number of hydrogen-bond donors (Lipinski definition) is 5. The lowest BCUT2D eigenvalue weighted by Crippen LogP contribution is -2.37. The van der Waals surface area contributed by atoms with Gasteiger partial charge < -0.3 is 11.1 Å². The maximum Gasteiger partial charge on any atom is 0.394 e. The quantitative estimate of drug-likeness (QED) is 0.296. The first-order chi connectivity index (χ1) is 9.28. The molecule has 0 aromatic heterocycles. The van der Waals surface area contributed by atoms with Crippen molar-refractivity contribution in [3.05, 3.63) is 23.8 Å². The number of hydrogen-bond acceptors (Lipinski definition) is 6. The van der Waals surface area contributed by atoms with Gasteiger partial charge in [-0.05, 0) is 37.6 Å². The zero-order chi connectivity index (χ0) is 16.8. The van der Waals surface area contributed by atoms with Gasteiger partial charge in [-0.3, -0.25) is 9.11 Å². The molecule has 1 unspecified atom stereocenters. The molecule has 6 N–H and O–H groups in total. The van der Waals surface area contributed by atoms with Crippen molar-refractivity contribution in [2.24, 2.45) is 0 Å². The SMILES string of the molecule is Cc1cc(NC(C)NS(C)(=O)=O)ccc1N.O=S(=O)(O)O. The van der Waals surface area contributed by atoms with Gasteiger partial charge in [0, 0.05) is 11.4 Å². The fraction of sp³-hybridized carbons (Fsp3) is 0.400. The molecular weight excluding hydrogens is 322 g/mol. The minimum atomic E-state index is -4.67. The van der Waals surface area contributed by atoms with E-state index < -0.39 is 20.4 Å². The molecule has 0 radical (unpaired) electrons. The Morgan fingerprint density at radius 3 is 2.05 bits per heavy atom. The third kappa shape index (κ3) is 12.1. The van der Waals surface area contributed by atoms with Crippen LogP contribution in [-0.2, 0) is 20.4 Å². The summed E-state index contributed by atoms with van der Waals surface area (Å²) in [7, 11) is -7.87. The fourth-order valence-electron chi connectivity index (χ4n) is 1.37. The topological polar surface area (TPSA) is 159 Å². The number of nitrogens with one attached hydrogen (secondary N) is 2. The molecule has 1 atom stereocenters. The minimum Gasteiger partial charge on any atom is -0.399 e. The molecule has 1 aromatic carbocycles. The highest BCUT2D eigenvalue weighted by molar-refractivity contribution is 7.88. The van der Waals surface area contributed by atoms with E-state index in [9.17, 15) is 8.42 Å². The van der Waals surface area contributed by atoms with E-state index in [-0.39, 0.29) is 6.17 Å². The van der Waals surface area contributed by atoms with E-state index in [0.717, 1.165) is 17.5 Å². The van der Waals surface area contributed by atoms with Crippen molar-refractivity contribution in [1.29, 1.82) is 0 Å². The second-order valence-electron chi connectivity index (χ2n) is 4.28. The molecule has 0 aliphatic rings. The lowest BCUT2D eigenvalue weighted by molar-refractivity contribution is 0.381. The molecule has 1 aromatic rings. The first-order valence-corrected chi connectivity index (χ1v) is 8.86. The molecule has 0 fully saturated rings. The molecule has 0 heterocycles. The number of nitrogen functional groups attached to an aromatic ring is 1. The van der Waals surface area contributed by atoms with Gasteiger partial charge in [-0.2, -0.15) is 13.1 Å². The maximum absolute atomic E-state index is 11.0. The van der Waals surface area contributed by atoms with Crippen LogP contribution in [0.25, 0.3) is 0 Å². The van der Waals surface area contributed by atoms with E-state index in [1.165, 1.54) is 0 Å². The van der Waals surface area contributed by atoms with Crippen LogP contribution in [0.4, 0.5) is 11.4 Å². The van der Waals surface area contributed by atoms with Crippen LogP contribution in [0.2, 0.25) is 0 Å². The molecule has 11 heteroatoms. The van der Waals surface area contributed by atoms with Crippen LogP contribution in [0.1, 0.15) is 12.5 Å². The summed E-state index contributed by atoms with van der Waals surface area (Å²) in [6, 6.07) is 5.46. The third-order valence-corrected chi connectivity index (χ3v) is 2.83. The highest BCUT2D eigenvalue weighted by Crippen LogP contribution is 2.16. The summed E-state index contributed by atoms with van der Waals surface area (Å²) in [5, 5.41) is 3.02. The van der Waals surface area contributed by atoms with Crippen molar-refractivity contribution in [3.63, 3.8) is 0 Å². The van der Waals surface area contributed by atoms with Crippen LogP contribution in [0.5, 0.6) is 0 Å². The smallest absolute Gasteiger partial charge is 0.394 e. The first-order valence-electron chi connectivity index (χ1n) is 5.58. The summed E-state index contributed by atoms with van der Waals surface area (Å²) in [6.45, 7) is 3.63. The monoisotopic (exact) mass is 341 g/mol. The van der Waals surface area contributed by atoms with E-state index in [0.29, 0.717) is 5.69 Å². The van der Waals surface area contributed by atoms with Crippen molar-refractivity contribution >= 4 is 31.8 Å². The van der Waals surface area contributed by atoms with Crippen LogP contribution in [0, 0.1) is 6.92 Å². The first kappa shape index (κ1) is 19.6. The molecular formula is C10H19N3O6S2.